The molecule has 2 rings (SSSR count). The minimum Gasteiger partial charge on any atom is -0.382 e. The van der Waals surface area contributed by atoms with E-state index in [9.17, 15) is 4.39 Å². The smallest absolute Gasteiger partial charge is 0.164 e. The first-order valence-electron chi connectivity index (χ1n) is 6.82. The first-order chi connectivity index (χ1) is 9.59. The number of anilines is 1. The molecule has 0 radical (unpaired) electrons. The van der Waals surface area contributed by atoms with Crippen LogP contribution in [0.5, 0.6) is 0 Å². The molecule has 20 heavy (non-hydrogen) atoms. The van der Waals surface area contributed by atoms with E-state index < -0.39 is 0 Å². The van der Waals surface area contributed by atoms with Gasteiger partial charge in [-0.2, -0.15) is 0 Å². The molecule has 0 bridgehead atoms. The normalized spacial score (nSPS) is 12.4. The Morgan fingerprint density at radius 1 is 1.05 bits per heavy atom. The lowest BCUT2D eigenvalue weighted by atomic mass is 9.88. The van der Waals surface area contributed by atoms with Gasteiger partial charge < -0.3 is 5.32 Å². The van der Waals surface area contributed by atoms with E-state index in [1.807, 2.05) is 18.2 Å². The van der Waals surface area contributed by atoms with E-state index in [1.165, 1.54) is 5.56 Å². The summed E-state index contributed by atoms with van der Waals surface area (Å²) in [6.45, 7) is 5.03. The molecule has 1 unspecified atom stereocenters. The van der Waals surface area contributed by atoms with Gasteiger partial charge in [-0.3, -0.25) is 0 Å². The van der Waals surface area contributed by atoms with Gasteiger partial charge in [0, 0.05) is 12.5 Å². The van der Waals surface area contributed by atoms with Gasteiger partial charge in [-0.25, -0.2) is 4.39 Å². The molecule has 0 aliphatic rings. The molecule has 106 valence electrons. The van der Waals surface area contributed by atoms with Crippen molar-refractivity contribution >= 4 is 17.3 Å². The van der Waals surface area contributed by atoms with Gasteiger partial charge in [-0.1, -0.05) is 61.8 Å². The molecule has 0 fully saturated rings. The summed E-state index contributed by atoms with van der Waals surface area (Å²) >= 11 is 5.79. The number of rotatable bonds is 5. The number of hydrogen-bond donors (Lipinski definition) is 1. The maximum atomic E-state index is 13.9. The van der Waals surface area contributed by atoms with Gasteiger partial charge in [0.25, 0.3) is 0 Å². The van der Waals surface area contributed by atoms with Gasteiger partial charge in [-0.05, 0) is 23.6 Å². The first kappa shape index (κ1) is 14.9. The predicted molar refractivity (Wildman–Crippen MR) is 83.9 cm³/mol. The van der Waals surface area contributed by atoms with Crippen LogP contribution < -0.4 is 5.32 Å². The van der Waals surface area contributed by atoms with Crippen molar-refractivity contribution < 1.29 is 4.39 Å². The van der Waals surface area contributed by atoms with Crippen LogP contribution in [0.15, 0.2) is 48.5 Å². The number of benzene rings is 2. The standard InChI is InChI=1S/C17H19ClFN/c1-12(2)14(13-7-4-3-5-8-13)11-20-16-10-6-9-15(18)17(16)19/h3-10,12,14,20H,11H2,1-2H3. The highest BCUT2D eigenvalue weighted by atomic mass is 35.5. The molecular weight excluding hydrogens is 273 g/mol. The lowest BCUT2D eigenvalue weighted by Gasteiger charge is -2.22. The Balaban J connectivity index is 2.12. The molecule has 0 aliphatic carbocycles. The highest BCUT2D eigenvalue weighted by Gasteiger charge is 2.16. The third kappa shape index (κ3) is 3.51. The van der Waals surface area contributed by atoms with Gasteiger partial charge in [-0.15, -0.1) is 0 Å². The van der Waals surface area contributed by atoms with Crippen LogP contribution >= 0.6 is 11.6 Å². The molecule has 0 aromatic heterocycles. The average Bonchev–Trinajstić information content (AvgIpc) is 2.44. The zero-order chi connectivity index (χ0) is 14.5. The summed E-state index contributed by atoms with van der Waals surface area (Å²) in [4.78, 5) is 0. The highest BCUT2D eigenvalue weighted by molar-refractivity contribution is 6.31. The fraction of sp³-hybridized carbons (Fsp3) is 0.294. The largest absolute Gasteiger partial charge is 0.382 e. The van der Waals surface area contributed by atoms with Crippen LogP contribution in [0.3, 0.4) is 0 Å². The van der Waals surface area contributed by atoms with Gasteiger partial charge in [0.15, 0.2) is 5.82 Å². The second kappa shape index (κ2) is 6.76. The van der Waals surface area contributed by atoms with Crippen molar-refractivity contribution in [2.75, 3.05) is 11.9 Å². The predicted octanol–water partition coefficient (Wildman–Crippen LogP) is 5.33. The van der Waals surface area contributed by atoms with E-state index in [2.05, 4.69) is 31.3 Å². The van der Waals surface area contributed by atoms with Crippen LogP contribution in [0.4, 0.5) is 10.1 Å². The van der Waals surface area contributed by atoms with Crippen LogP contribution in [0.2, 0.25) is 5.02 Å². The Bertz CT molecular complexity index is 554. The highest BCUT2D eigenvalue weighted by Crippen LogP contribution is 2.27. The second-order valence-corrected chi connectivity index (χ2v) is 5.65. The van der Waals surface area contributed by atoms with Gasteiger partial charge in [0.2, 0.25) is 0 Å². The van der Waals surface area contributed by atoms with Crippen LogP contribution in [-0.4, -0.2) is 6.54 Å². The van der Waals surface area contributed by atoms with Crippen molar-refractivity contribution in [2.45, 2.75) is 19.8 Å². The number of halogens is 2. The molecule has 0 spiro atoms. The van der Waals surface area contributed by atoms with E-state index in [0.29, 0.717) is 24.1 Å². The van der Waals surface area contributed by atoms with E-state index >= 15 is 0 Å². The third-order valence-corrected chi connectivity index (χ3v) is 3.79. The molecule has 0 amide bonds. The summed E-state index contributed by atoms with van der Waals surface area (Å²) in [5, 5.41) is 3.32. The first-order valence-corrected chi connectivity index (χ1v) is 7.20. The number of nitrogens with one attached hydrogen (secondary N) is 1. The van der Waals surface area contributed by atoms with Crippen molar-refractivity contribution in [3.63, 3.8) is 0 Å². The summed E-state index contributed by atoms with van der Waals surface area (Å²) in [5.41, 5.74) is 1.72. The van der Waals surface area contributed by atoms with Crippen LogP contribution in [0.25, 0.3) is 0 Å². The Hall–Kier alpha value is -1.54. The van der Waals surface area contributed by atoms with Crippen LogP contribution in [0, 0.1) is 11.7 Å². The summed E-state index contributed by atoms with van der Waals surface area (Å²) < 4.78 is 13.9. The Morgan fingerprint density at radius 2 is 1.75 bits per heavy atom. The van der Waals surface area contributed by atoms with Gasteiger partial charge >= 0.3 is 0 Å². The Morgan fingerprint density at radius 3 is 2.40 bits per heavy atom. The molecule has 1 atom stereocenters. The van der Waals surface area contributed by atoms with Crippen molar-refractivity contribution in [3.8, 4) is 0 Å². The second-order valence-electron chi connectivity index (χ2n) is 5.24. The monoisotopic (exact) mass is 291 g/mol. The fourth-order valence-corrected chi connectivity index (χ4v) is 2.47. The zero-order valence-electron chi connectivity index (χ0n) is 11.7. The number of hydrogen-bond acceptors (Lipinski definition) is 1. The molecular formula is C17H19ClFN. The summed E-state index contributed by atoms with van der Waals surface area (Å²) in [7, 11) is 0. The molecule has 0 heterocycles. The topological polar surface area (TPSA) is 12.0 Å². The average molecular weight is 292 g/mol. The van der Waals surface area contributed by atoms with Crippen molar-refractivity contribution in [3.05, 3.63) is 64.9 Å². The SMILES string of the molecule is CC(C)C(CNc1cccc(Cl)c1F)c1ccccc1. The zero-order valence-corrected chi connectivity index (χ0v) is 12.5. The molecule has 2 aromatic carbocycles. The molecule has 2 aromatic rings. The van der Waals surface area contributed by atoms with E-state index in [0.717, 1.165) is 0 Å². The minimum atomic E-state index is -0.385. The Kier molecular flexibility index (Phi) is 5.02. The van der Waals surface area contributed by atoms with Crippen LogP contribution in [-0.2, 0) is 0 Å². The lowest BCUT2D eigenvalue weighted by Crippen LogP contribution is -2.18. The molecule has 3 heteroatoms. The summed E-state index contributed by atoms with van der Waals surface area (Å²) in [6, 6.07) is 15.3. The molecule has 0 aliphatic heterocycles. The van der Waals surface area contributed by atoms with Crippen molar-refractivity contribution in [1.82, 2.24) is 0 Å². The van der Waals surface area contributed by atoms with Gasteiger partial charge in [0.1, 0.15) is 0 Å². The maximum Gasteiger partial charge on any atom is 0.164 e. The molecule has 1 nitrogen and oxygen atoms in total. The molecule has 0 saturated carbocycles. The van der Waals surface area contributed by atoms with E-state index in [1.54, 1.807) is 18.2 Å². The summed E-state index contributed by atoms with van der Waals surface area (Å²) in [6.07, 6.45) is 0. The molecule has 0 saturated heterocycles. The fourth-order valence-electron chi connectivity index (χ4n) is 2.30. The lowest BCUT2D eigenvalue weighted by molar-refractivity contribution is 0.515. The minimum absolute atomic E-state index is 0.149. The van der Waals surface area contributed by atoms with Gasteiger partial charge in [0.05, 0.1) is 10.7 Å². The Labute approximate surface area is 124 Å². The van der Waals surface area contributed by atoms with E-state index in [-0.39, 0.29) is 10.8 Å². The van der Waals surface area contributed by atoms with E-state index in [4.69, 9.17) is 11.6 Å². The quantitative estimate of drug-likeness (QED) is 0.785. The van der Waals surface area contributed by atoms with Crippen molar-refractivity contribution in [2.24, 2.45) is 5.92 Å². The van der Waals surface area contributed by atoms with Crippen molar-refractivity contribution in [1.29, 1.82) is 0 Å². The molecule has 1 N–H and O–H groups in total. The van der Waals surface area contributed by atoms with Crippen LogP contribution in [0.1, 0.15) is 25.3 Å². The summed E-state index contributed by atoms with van der Waals surface area (Å²) in [5.74, 6) is 0.409. The third-order valence-electron chi connectivity index (χ3n) is 3.50. The maximum absolute atomic E-state index is 13.9.